The Bertz CT molecular complexity index is 704. The topological polar surface area (TPSA) is 79.4 Å². The van der Waals surface area contributed by atoms with Gasteiger partial charge in [-0.25, -0.2) is 4.79 Å². The molecule has 1 aromatic rings. The lowest BCUT2D eigenvalue weighted by Crippen LogP contribution is -2.50. The van der Waals surface area contributed by atoms with Crippen LogP contribution in [0.3, 0.4) is 0 Å². The van der Waals surface area contributed by atoms with Gasteiger partial charge in [0.25, 0.3) is 0 Å². The molecular formula is C20H29N3O5. The zero-order chi connectivity index (χ0) is 20.9. The number of rotatable bonds is 4. The molecule has 0 bridgehead atoms. The van der Waals surface area contributed by atoms with Gasteiger partial charge in [-0.1, -0.05) is 0 Å². The highest BCUT2D eigenvalue weighted by Gasteiger charge is 2.26. The number of benzene rings is 1. The molecule has 1 fully saturated rings. The van der Waals surface area contributed by atoms with Crippen LogP contribution in [-0.4, -0.2) is 68.3 Å². The average Bonchev–Trinajstić information content (AvgIpc) is 2.64. The molecule has 0 radical (unpaired) electrons. The van der Waals surface area contributed by atoms with Gasteiger partial charge in [0.2, 0.25) is 5.91 Å². The Morgan fingerprint density at radius 3 is 2.07 bits per heavy atom. The van der Waals surface area contributed by atoms with E-state index in [2.05, 4.69) is 9.64 Å². The van der Waals surface area contributed by atoms with Crippen LogP contribution in [-0.2, 0) is 19.1 Å². The molecule has 28 heavy (non-hydrogen) atoms. The molecule has 1 heterocycles. The molecule has 0 unspecified atom stereocenters. The zero-order valence-corrected chi connectivity index (χ0v) is 17.2. The van der Waals surface area contributed by atoms with Gasteiger partial charge in [-0.05, 0) is 45.0 Å². The fraction of sp³-hybridized carbons (Fsp3) is 0.550. The number of hydrogen-bond donors (Lipinski definition) is 0. The van der Waals surface area contributed by atoms with E-state index in [1.54, 1.807) is 17.0 Å². The Hall–Kier alpha value is -2.77. The van der Waals surface area contributed by atoms with Gasteiger partial charge in [0, 0.05) is 44.5 Å². The smallest absolute Gasteiger partial charge is 0.410 e. The Morgan fingerprint density at radius 2 is 1.61 bits per heavy atom. The van der Waals surface area contributed by atoms with Crippen LogP contribution in [0.2, 0.25) is 0 Å². The number of anilines is 2. The maximum absolute atomic E-state index is 12.2. The minimum absolute atomic E-state index is 0.125. The molecule has 1 saturated heterocycles. The van der Waals surface area contributed by atoms with Crippen molar-refractivity contribution in [1.82, 2.24) is 4.90 Å². The molecule has 0 saturated carbocycles. The molecule has 1 aliphatic heterocycles. The fourth-order valence-electron chi connectivity index (χ4n) is 2.90. The van der Waals surface area contributed by atoms with Crippen molar-refractivity contribution in [3.63, 3.8) is 0 Å². The van der Waals surface area contributed by atoms with Gasteiger partial charge in [-0.3, -0.25) is 9.59 Å². The SMILES string of the molecule is COC(=O)CN(C(C)=O)c1ccc(N2CCN(C(=O)OC(C)(C)C)CC2)cc1. The summed E-state index contributed by atoms with van der Waals surface area (Å²) in [7, 11) is 1.29. The molecule has 0 aliphatic carbocycles. The number of hydrogen-bond acceptors (Lipinski definition) is 6. The number of amides is 2. The fourth-order valence-corrected chi connectivity index (χ4v) is 2.90. The zero-order valence-electron chi connectivity index (χ0n) is 17.2. The summed E-state index contributed by atoms with van der Waals surface area (Å²) >= 11 is 0. The number of piperazine rings is 1. The van der Waals surface area contributed by atoms with Gasteiger partial charge in [0.1, 0.15) is 12.1 Å². The van der Waals surface area contributed by atoms with E-state index in [1.165, 1.54) is 18.9 Å². The number of ether oxygens (including phenoxy) is 2. The quantitative estimate of drug-likeness (QED) is 0.733. The van der Waals surface area contributed by atoms with Crippen molar-refractivity contribution in [2.45, 2.75) is 33.3 Å². The first-order chi connectivity index (χ1) is 13.1. The van der Waals surface area contributed by atoms with E-state index >= 15 is 0 Å². The first kappa shape index (κ1) is 21.5. The predicted molar refractivity (Wildman–Crippen MR) is 107 cm³/mol. The van der Waals surface area contributed by atoms with Crippen molar-refractivity contribution in [2.75, 3.05) is 49.6 Å². The molecule has 0 atom stereocenters. The van der Waals surface area contributed by atoms with Crippen LogP contribution in [0.15, 0.2) is 24.3 Å². The average molecular weight is 391 g/mol. The molecule has 154 valence electrons. The maximum atomic E-state index is 12.2. The van der Waals surface area contributed by atoms with Crippen molar-refractivity contribution in [3.8, 4) is 0 Å². The molecule has 0 aromatic heterocycles. The van der Waals surface area contributed by atoms with Gasteiger partial charge in [-0.15, -0.1) is 0 Å². The first-order valence-electron chi connectivity index (χ1n) is 9.28. The minimum atomic E-state index is -0.503. The Labute approximate surface area is 166 Å². The third-order valence-electron chi connectivity index (χ3n) is 4.35. The van der Waals surface area contributed by atoms with Crippen molar-refractivity contribution in [1.29, 1.82) is 0 Å². The van der Waals surface area contributed by atoms with E-state index in [4.69, 9.17) is 4.74 Å². The molecule has 0 N–H and O–H groups in total. The van der Waals surface area contributed by atoms with Gasteiger partial charge >= 0.3 is 12.1 Å². The number of methoxy groups -OCH3 is 1. The molecular weight excluding hydrogens is 362 g/mol. The standard InChI is InChI=1S/C20H29N3O5/c1-15(24)23(14-18(25)27-5)17-8-6-16(7-9-17)21-10-12-22(13-11-21)19(26)28-20(2,3)4/h6-9H,10-14H2,1-5H3. The van der Waals surface area contributed by atoms with Gasteiger partial charge in [0.05, 0.1) is 7.11 Å². The lowest BCUT2D eigenvalue weighted by Gasteiger charge is -2.36. The van der Waals surface area contributed by atoms with Crippen LogP contribution in [0.1, 0.15) is 27.7 Å². The summed E-state index contributed by atoms with van der Waals surface area (Å²) in [5.41, 5.74) is 1.12. The lowest BCUT2D eigenvalue weighted by atomic mass is 10.2. The third-order valence-corrected chi connectivity index (χ3v) is 4.35. The Kier molecular flexibility index (Phi) is 6.88. The van der Waals surface area contributed by atoms with Crippen molar-refractivity contribution in [3.05, 3.63) is 24.3 Å². The summed E-state index contributed by atoms with van der Waals surface area (Å²) in [6.45, 7) is 9.39. The second kappa shape index (κ2) is 8.95. The van der Waals surface area contributed by atoms with E-state index in [-0.39, 0.29) is 18.5 Å². The van der Waals surface area contributed by atoms with E-state index in [0.29, 0.717) is 31.9 Å². The second-order valence-corrected chi connectivity index (χ2v) is 7.65. The van der Waals surface area contributed by atoms with Crippen molar-refractivity contribution >= 4 is 29.3 Å². The highest BCUT2D eigenvalue weighted by Crippen LogP contribution is 2.23. The van der Waals surface area contributed by atoms with E-state index < -0.39 is 11.6 Å². The number of carbonyl (C=O) groups is 3. The number of esters is 1. The minimum Gasteiger partial charge on any atom is -0.468 e. The van der Waals surface area contributed by atoms with E-state index in [1.807, 2.05) is 32.9 Å². The van der Waals surface area contributed by atoms with Crippen LogP contribution in [0.4, 0.5) is 16.2 Å². The molecule has 0 spiro atoms. The summed E-state index contributed by atoms with van der Waals surface area (Å²) in [6.07, 6.45) is -0.289. The maximum Gasteiger partial charge on any atom is 0.410 e. The largest absolute Gasteiger partial charge is 0.468 e. The van der Waals surface area contributed by atoms with E-state index in [9.17, 15) is 14.4 Å². The van der Waals surface area contributed by atoms with Crippen molar-refractivity contribution in [2.24, 2.45) is 0 Å². The Balaban J connectivity index is 1.98. The second-order valence-electron chi connectivity index (χ2n) is 7.65. The molecule has 1 aromatic carbocycles. The summed E-state index contributed by atoms with van der Waals surface area (Å²) in [4.78, 5) is 40.8. The monoisotopic (exact) mass is 391 g/mol. The number of nitrogens with zero attached hydrogens (tertiary/aromatic N) is 3. The molecule has 2 rings (SSSR count). The van der Waals surface area contributed by atoms with Crippen LogP contribution < -0.4 is 9.80 Å². The Morgan fingerprint density at radius 1 is 1.04 bits per heavy atom. The van der Waals surface area contributed by atoms with Crippen LogP contribution in [0.25, 0.3) is 0 Å². The van der Waals surface area contributed by atoms with Crippen LogP contribution in [0, 0.1) is 0 Å². The highest BCUT2D eigenvalue weighted by atomic mass is 16.6. The predicted octanol–water partition coefficient (Wildman–Crippen LogP) is 2.27. The van der Waals surface area contributed by atoms with Gasteiger partial charge in [0.15, 0.2) is 0 Å². The normalized spacial score (nSPS) is 14.5. The molecule has 1 aliphatic rings. The molecule has 8 heteroatoms. The molecule has 8 nitrogen and oxygen atoms in total. The first-order valence-corrected chi connectivity index (χ1v) is 9.28. The van der Waals surface area contributed by atoms with Crippen molar-refractivity contribution < 1.29 is 23.9 Å². The summed E-state index contributed by atoms with van der Waals surface area (Å²) in [6, 6.07) is 7.43. The lowest BCUT2D eigenvalue weighted by molar-refractivity contribution is -0.139. The summed E-state index contributed by atoms with van der Waals surface area (Å²) in [5.74, 6) is -0.707. The summed E-state index contributed by atoms with van der Waals surface area (Å²) < 4.78 is 10.1. The summed E-state index contributed by atoms with van der Waals surface area (Å²) in [5, 5.41) is 0. The van der Waals surface area contributed by atoms with Crippen LogP contribution >= 0.6 is 0 Å². The third kappa shape index (κ3) is 5.87. The van der Waals surface area contributed by atoms with E-state index in [0.717, 1.165) is 5.69 Å². The van der Waals surface area contributed by atoms with Gasteiger partial charge in [-0.2, -0.15) is 0 Å². The highest BCUT2D eigenvalue weighted by molar-refractivity contribution is 5.96. The number of carbonyl (C=O) groups excluding carboxylic acids is 3. The molecule has 2 amide bonds. The van der Waals surface area contributed by atoms with Gasteiger partial charge < -0.3 is 24.2 Å². The van der Waals surface area contributed by atoms with Crippen LogP contribution in [0.5, 0.6) is 0 Å².